The van der Waals surface area contributed by atoms with E-state index in [1.54, 1.807) is 30.3 Å². The van der Waals surface area contributed by atoms with Crippen molar-refractivity contribution in [2.24, 2.45) is 0 Å². The molecule has 1 aromatic rings. The summed E-state index contributed by atoms with van der Waals surface area (Å²) in [6, 6.07) is 8.19. The van der Waals surface area contributed by atoms with Crippen LogP contribution in [0.5, 0.6) is 0 Å². The fourth-order valence-corrected chi connectivity index (χ4v) is 4.33. The van der Waals surface area contributed by atoms with Crippen LogP contribution in [0.15, 0.2) is 30.3 Å². The summed E-state index contributed by atoms with van der Waals surface area (Å²) >= 11 is 0. The highest BCUT2D eigenvalue weighted by atomic mass is 28.4. The van der Waals surface area contributed by atoms with Gasteiger partial charge in [-0.25, -0.2) is 0 Å². The van der Waals surface area contributed by atoms with Crippen molar-refractivity contribution in [1.29, 1.82) is 0 Å². The number of hydrogen-bond donors (Lipinski definition) is 0. The molecular formula is C18H26O9Si. The highest BCUT2D eigenvalue weighted by Gasteiger charge is 2.55. The number of benzene rings is 1. The molecule has 1 aromatic carbocycles. The molecular weight excluding hydrogens is 388 g/mol. The lowest BCUT2D eigenvalue weighted by atomic mass is 10.4. The minimum absolute atomic E-state index is 0.0939. The fraction of sp³-hybridized carbons (Fsp3) is 0.500. The maximum Gasteiger partial charge on any atom is 0.742 e. The summed E-state index contributed by atoms with van der Waals surface area (Å²) in [6.45, 7) is 0.314. The van der Waals surface area contributed by atoms with E-state index in [-0.39, 0.29) is 39.1 Å². The van der Waals surface area contributed by atoms with E-state index in [9.17, 15) is 14.4 Å². The van der Waals surface area contributed by atoms with Gasteiger partial charge < -0.3 is 27.5 Å². The van der Waals surface area contributed by atoms with Crippen molar-refractivity contribution in [3.63, 3.8) is 0 Å². The maximum atomic E-state index is 12.3. The van der Waals surface area contributed by atoms with Gasteiger partial charge in [0.1, 0.15) is 0 Å². The molecule has 0 heterocycles. The van der Waals surface area contributed by atoms with E-state index in [2.05, 4.69) is 0 Å². The average Bonchev–Trinajstić information content (AvgIpc) is 2.69. The molecule has 1 rings (SSSR count). The molecule has 0 saturated heterocycles. The summed E-state index contributed by atoms with van der Waals surface area (Å²) in [6.07, 6.45) is -0.282. The van der Waals surface area contributed by atoms with Crippen molar-refractivity contribution in [2.45, 2.75) is 19.3 Å². The molecule has 0 bridgehead atoms. The quantitative estimate of drug-likeness (QED) is 0.428. The number of hydrogen-bond acceptors (Lipinski definition) is 9. The Hall–Kier alpha value is -2.27. The lowest BCUT2D eigenvalue weighted by molar-refractivity contribution is -0.150. The zero-order chi connectivity index (χ0) is 20.8. The third-order valence-electron chi connectivity index (χ3n) is 3.40. The van der Waals surface area contributed by atoms with Crippen molar-refractivity contribution in [3.8, 4) is 0 Å². The second kappa shape index (κ2) is 13.0. The molecule has 156 valence electrons. The van der Waals surface area contributed by atoms with Crippen LogP contribution in [0.25, 0.3) is 0 Å². The molecule has 0 saturated carbocycles. The van der Waals surface area contributed by atoms with Crippen LogP contribution >= 0.6 is 0 Å². The summed E-state index contributed by atoms with van der Waals surface area (Å²) < 4.78 is 31.0. The molecule has 9 nitrogen and oxygen atoms in total. The summed E-state index contributed by atoms with van der Waals surface area (Å²) in [5.74, 6) is -2.13. The maximum absolute atomic E-state index is 12.3. The number of carbonyl (C=O) groups excluding carboxylic acids is 3. The molecule has 0 aromatic heterocycles. The van der Waals surface area contributed by atoms with Crippen molar-refractivity contribution in [1.82, 2.24) is 0 Å². The Balaban J connectivity index is 3.20. The Kier molecular flexibility index (Phi) is 11.0. The van der Waals surface area contributed by atoms with Gasteiger partial charge in [-0.05, 0) is 0 Å². The van der Waals surface area contributed by atoms with Gasteiger partial charge in [-0.2, -0.15) is 0 Å². The summed E-state index contributed by atoms with van der Waals surface area (Å²) in [7, 11) is 0.0795. The van der Waals surface area contributed by atoms with Gasteiger partial charge in [0.25, 0.3) is 17.9 Å². The minimum Gasteiger partial charge on any atom is -0.452 e. The monoisotopic (exact) mass is 414 g/mol. The van der Waals surface area contributed by atoms with E-state index in [0.29, 0.717) is 5.19 Å². The van der Waals surface area contributed by atoms with Crippen LogP contribution in [0.2, 0.25) is 0 Å². The predicted molar refractivity (Wildman–Crippen MR) is 99.6 cm³/mol. The van der Waals surface area contributed by atoms with Crippen LogP contribution in [0.3, 0.4) is 0 Å². The second-order valence-electron chi connectivity index (χ2n) is 5.57. The van der Waals surface area contributed by atoms with Crippen molar-refractivity contribution >= 4 is 31.9 Å². The summed E-state index contributed by atoms with van der Waals surface area (Å²) in [5.41, 5.74) is 0. The largest absolute Gasteiger partial charge is 0.742 e. The Morgan fingerprint density at radius 2 is 1.04 bits per heavy atom. The van der Waals surface area contributed by atoms with Gasteiger partial charge in [0.15, 0.2) is 0 Å². The van der Waals surface area contributed by atoms with Crippen LogP contribution in [0.4, 0.5) is 0 Å². The number of carbonyl (C=O) groups is 3. The van der Waals surface area contributed by atoms with Crippen LogP contribution in [0.1, 0.15) is 19.3 Å². The summed E-state index contributed by atoms with van der Waals surface area (Å²) in [5, 5.41) is 0.303. The fourth-order valence-electron chi connectivity index (χ4n) is 2.04. The van der Waals surface area contributed by atoms with E-state index >= 15 is 0 Å². The van der Waals surface area contributed by atoms with Gasteiger partial charge in [0, 0.05) is 21.3 Å². The van der Waals surface area contributed by atoms with Crippen LogP contribution in [0, 0.1) is 0 Å². The molecule has 0 fully saturated rings. The molecule has 0 radical (unpaired) electrons. The first kappa shape index (κ1) is 23.8. The standard InChI is InChI=1S/C18H26O9Si/c1-22-12-9-16(19)25-28(15-7-5-4-6-8-15,26-17(20)10-13-23-2)27-18(21)11-14-24-3/h4-8H,9-14H2,1-3H3. The number of ether oxygens (including phenoxy) is 3. The third kappa shape index (κ3) is 8.17. The van der Waals surface area contributed by atoms with Crippen molar-refractivity contribution < 1.29 is 41.9 Å². The second-order valence-corrected chi connectivity index (χ2v) is 7.87. The van der Waals surface area contributed by atoms with Crippen molar-refractivity contribution in [3.05, 3.63) is 30.3 Å². The molecule has 0 unspecified atom stereocenters. The SMILES string of the molecule is COCCC(=O)O[Si](OC(=O)CCOC)(OC(=O)CCOC)c1ccccc1. The van der Waals surface area contributed by atoms with E-state index in [1.807, 2.05) is 0 Å². The van der Waals surface area contributed by atoms with Gasteiger partial charge in [-0.3, -0.25) is 14.4 Å². The van der Waals surface area contributed by atoms with E-state index < -0.39 is 26.7 Å². The molecule has 0 N–H and O–H groups in total. The Morgan fingerprint density at radius 1 is 0.679 bits per heavy atom. The van der Waals surface area contributed by atoms with Gasteiger partial charge in [0.2, 0.25) is 0 Å². The summed E-state index contributed by atoms with van der Waals surface area (Å²) in [4.78, 5) is 36.8. The Bertz CT molecular complexity index is 566. The minimum atomic E-state index is -4.23. The smallest absolute Gasteiger partial charge is 0.452 e. The first-order chi connectivity index (χ1) is 13.5. The first-order valence-electron chi connectivity index (χ1n) is 8.65. The Labute approximate surface area is 165 Å². The highest BCUT2D eigenvalue weighted by Crippen LogP contribution is 2.15. The van der Waals surface area contributed by atoms with Gasteiger partial charge in [-0.15, -0.1) is 0 Å². The van der Waals surface area contributed by atoms with E-state index in [1.165, 1.54) is 21.3 Å². The molecule has 0 atom stereocenters. The van der Waals surface area contributed by atoms with Crippen LogP contribution in [-0.4, -0.2) is 67.9 Å². The molecule has 0 aliphatic heterocycles. The Morgan fingerprint density at radius 3 is 1.36 bits per heavy atom. The number of rotatable bonds is 13. The molecule has 0 aliphatic rings. The van der Waals surface area contributed by atoms with E-state index in [4.69, 9.17) is 27.5 Å². The predicted octanol–water partition coefficient (Wildman–Crippen LogP) is 0.572. The van der Waals surface area contributed by atoms with Gasteiger partial charge in [0.05, 0.1) is 44.3 Å². The topological polar surface area (TPSA) is 107 Å². The lowest BCUT2D eigenvalue weighted by Gasteiger charge is -2.27. The molecule has 0 aliphatic carbocycles. The average molecular weight is 414 g/mol. The third-order valence-corrected chi connectivity index (χ3v) is 5.93. The van der Waals surface area contributed by atoms with Gasteiger partial charge in [-0.1, -0.05) is 30.3 Å². The normalized spacial score (nSPS) is 11.0. The number of methoxy groups -OCH3 is 3. The van der Waals surface area contributed by atoms with Crippen LogP contribution < -0.4 is 5.19 Å². The van der Waals surface area contributed by atoms with E-state index in [0.717, 1.165) is 0 Å². The molecule has 0 spiro atoms. The molecule has 0 amide bonds. The first-order valence-corrected chi connectivity index (χ1v) is 10.4. The highest BCUT2D eigenvalue weighted by molar-refractivity contribution is 6.79. The molecule has 28 heavy (non-hydrogen) atoms. The zero-order valence-electron chi connectivity index (χ0n) is 16.3. The zero-order valence-corrected chi connectivity index (χ0v) is 17.3. The van der Waals surface area contributed by atoms with Crippen LogP contribution in [-0.2, 0) is 41.9 Å². The lowest BCUT2D eigenvalue weighted by Crippen LogP contribution is -2.60. The van der Waals surface area contributed by atoms with Crippen molar-refractivity contribution in [2.75, 3.05) is 41.2 Å². The molecule has 10 heteroatoms. The van der Waals surface area contributed by atoms with Gasteiger partial charge >= 0.3 is 8.80 Å².